The molecular formula is C22H26F10O8Zr. The molecule has 19 heteroatoms. The predicted octanol–water partition coefficient (Wildman–Crippen LogP) is 2.78. The number of rotatable bonds is 13. The molecule has 0 amide bonds. The van der Waals surface area contributed by atoms with E-state index in [1.165, 1.54) is 20.8 Å². The number of Topliss-reactive ketones (excluding diaryl/α,β-unsaturated/α-hetero) is 4. The van der Waals surface area contributed by atoms with E-state index in [9.17, 15) is 82.9 Å². The number of hydrogen-bond acceptors (Lipinski definition) is 8. The normalized spacial score (nSPS) is 13.1. The van der Waals surface area contributed by atoms with Crippen LogP contribution in [0.5, 0.6) is 0 Å². The number of halogens is 10. The minimum absolute atomic E-state index is 0. The minimum atomic E-state index is -5.87. The summed E-state index contributed by atoms with van der Waals surface area (Å²) in [4.78, 5) is 62.8. The molecule has 0 heterocycles. The SMILES string of the molecule is CCC(=O)CC(C)=O.CCC(C(=O)[O-])C(=O)CC(F)(F)C(F)(F)F.CCC(C(=O)[O-])C(=O)CC(F)(F)C(F)(F)F.[Zr+2]. The number of aliphatic carboxylic acids is 2. The van der Waals surface area contributed by atoms with E-state index < -0.39 is 85.2 Å². The van der Waals surface area contributed by atoms with Gasteiger partial charge in [-0.2, -0.15) is 43.9 Å². The van der Waals surface area contributed by atoms with Gasteiger partial charge < -0.3 is 19.8 Å². The summed E-state index contributed by atoms with van der Waals surface area (Å²) in [5.41, 5.74) is 0. The number of carboxylic acids is 2. The molecule has 0 aromatic carbocycles. The van der Waals surface area contributed by atoms with Crippen LogP contribution in [0.25, 0.3) is 0 Å². The van der Waals surface area contributed by atoms with Gasteiger partial charge in [0.25, 0.3) is 0 Å². The molecule has 0 aliphatic carbocycles. The largest absolute Gasteiger partial charge is 2.00 e. The second-order valence-electron chi connectivity index (χ2n) is 8.02. The summed E-state index contributed by atoms with van der Waals surface area (Å²) >= 11 is 0. The Kier molecular flexibility index (Phi) is 21.3. The van der Waals surface area contributed by atoms with Crippen LogP contribution in [0.15, 0.2) is 0 Å². The Bertz CT molecular complexity index is 844. The van der Waals surface area contributed by atoms with Crippen LogP contribution in [-0.4, -0.2) is 59.3 Å². The second-order valence-corrected chi connectivity index (χ2v) is 8.02. The molecule has 2 unspecified atom stereocenters. The van der Waals surface area contributed by atoms with Crippen LogP contribution in [-0.2, 0) is 55.0 Å². The molecule has 236 valence electrons. The molecule has 0 aromatic heterocycles. The molecule has 8 nitrogen and oxygen atoms in total. The summed E-state index contributed by atoms with van der Waals surface area (Å²) in [6.45, 7) is 5.52. The van der Waals surface area contributed by atoms with Gasteiger partial charge in [0, 0.05) is 6.42 Å². The van der Waals surface area contributed by atoms with E-state index in [-0.39, 0.29) is 44.2 Å². The number of ketones is 4. The van der Waals surface area contributed by atoms with E-state index in [0.29, 0.717) is 6.42 Å². The molecule has 41 heavy (non-hydrogen) atoms. The fourth-order valence-corrected chi connectivity index (χ4v) is 2.34. The van der Waals surface area contributed by atoms with Gasteiger partial charge in [0.05, 0.1) is 43.0 Å². The van der Waals surface area contributed by atoms with Crippen molar-refractivity contribution in [2.24, 2.45) is 11.8 Å². The van der Waals surface area contributed by atoms with Crippen LogP contribution < -0.4 is 10.2 Å². The van der Waals surface area contributed by atoms with Gasteiger partial charge in [0.2, 0.25) is 0 Å². The summed E-state index contributed by atoms with van der Waals surface area (Å²) < 4.78 is 120. The van der Waals surface area contributed by atoms with Crippen LogP contribution >= 0.6 is 0 Å². The Morgan fingerprint density at radius 2 is 0.878 bits per heavy atom. The zero-order valence-electron chi connectivity index (χ0n) is 21.9. The van der Waals surface area contributed by atoms with E-state index in [4.69, 9.17) is 0 Å². The predicted molar refractivity (Wildman–Crippen MR) is 109 cm³/mol. The van der Waals surface area contributed by atoms with Crippen LogP contribution in [0.3, 0.4) is 0 Å². The summed E-state index contributed by atoms with van der Waals surface area (Å²) in [5.74, 6) is -21.6. The number of carboxylic acid groups (broad SMARTS) is 2. The topological polar surface area (TPSA) is 149 Å². The molecule has 0 saturated carbocycles. The zero-order chi connectivity index (χ0) is 32.9. The number of carbonyl (C=O) groups excluding carboxylic acids is 6. The van der Waals surface area contributed by atoms with Crippen molar-refractivity contribution in [3.8, 4) is 0 Å². The first-order valence-corrected chi connectivity index (χ1v) is 11.1. The molecule has 0 saturated heterocycles. The van der Waals surface area contributed by atoms with Gasteiger partial charge in [-0.05, 0) is 19.8 Å². The van der Waals surface area contributed by atoms with Crippen LogP contribution in [0.4, 0.5) is 43.9 Å². The van der Waals surface area contributed by atoms with Gasteiger partial charge >= 0.3 is 50.4 Å². The van der Waals surface area contributed by atoms with Gasteiger partial charge in [0.15, 0.2) is 0 Å². The standard InChI is InChI=1S/2C8H9F5O3.C6H10O2.Zr/c2*1-2-4(6(15)16)5(14)3-7(9,10)8(11,12)13;1-3-6(8)4-5(2)7;/h2*4H,2-3H2,1H3,(H,15,16);3-4H2,1-2H3;/q;;;+2/p-2. The summed E-state index contributed by atoms with van der Waals surface area (Å²) in [5, 5.41) is 20.5. The van der Waals surface area contributed by atoms with E-state index in [1.807, 2.05) is 0 Å². The van der Waals surface area contributed by atoms with E-state index in [0.717, 1.165) is 0 Å². The molecule has 0 aliphatic rings. The Morgan fingerprint density at radius 3 is 1.00 bits per heavy atom. The van der Waals surface area contributed by atoms with Gasteiger partial charge in [0.1, 0.15) is 23.1 Å². The Balaban J connectivity index is -0.000000261. The van der Waals surface area contributed by atoms with Crippen molar-refractivity contribution in [1.82, 2.24) is 0 Å². The first-order valence-electron chi connectivity index (χ1n) is 11.1. The first-order chi connectivity index (χ1) is 17.7. The fourth-order valence-electron chi connectivity index (χ4n) is 2.34. The molecule has 0 bridgehead atoms. The Morgan fingerprint density at radius 1 is 0.610 bits per heavy atom. The first kappa shape index (κ1) is 45.8. The van der Waals surface area contributed by atoms with E-state index in [1.54, 1.807) is 6.92 Å². The maximum absolute atomic E-state index is 12.4. The summed E-state index contributed by atoms with van der Waals surface area (Å²) in [6, 6.07) is 0. The molecule has 0 aliphatic heterocycles. The van der Waals surface area contributed by atoms with Crippen LogP contribution in [0.2, 0.25) is 0 Å². The van der Waals surface area contributed by atoms with Crippen molar-refractivity contribution in [1.29, 1.82) is 0 Å². The number of hydrogen-bond donors (Lipinski definition) is 0. The maximum Gasteiger partial charge on any atom is 2.00 e. The van der Waals surface area contributed by atoms with Crippen LogP contribution in [0.1, 0.15) is 66.2 Å². The van der Waals surface area contributed by atoms with Crippen molar-refractivity contribution in [3.05, 3.63) is 0 Å². The van der Waals surface area contributed by atoms with Crippen molar-refractivity contribution in [2.45, 2.75) is 90.4 Å². The Labute approximate surface area is 246 Å². The van der Waals surface area contributed by atoms with Crippen molar-refractivity contribution >= 4 is 35.1 Å². The molecule has 0 fully saturated rings. The van der Waals surface area contributed by atoms with Gasteiger partial charge in [-0.25, -0.2) is 0 Å². The average molecular weight is 700 g/mol. The maximum atomic E-state index is 12.4. The third-order valence-electron chi connectivity index (χ3n) is 4.63. The molecule has 0 radical (unpaired) electrons. The molecule has 0 N–H and O–H groups in total. The number of alkyl halides is 10. The molecule has 2 atom stereocenters. The fraction of sp³-hybridized carbons (Fsp3) is 0.727. The van der Waals surface area contributed by atoms with Crippen molar-refractivity contribution < 1.29 is 109 Å². The van der Waals surface area contributed by atoms with E-state index in [2.05, 4.69) is 0 Å². The molecule has 0 spiro atoms. The smallest absolute Gasteiger partial charge is 0.549 e. The van der Waals surface area contributed by atoms with Crippen LogP contribution in [0, 0.1) is 11.8 Å². The summed E-state index contributed by atoms with van der Waals surface area (Å²) in [7, 11) is 0. The molecule has 0 rings (SSSR count). The third kappa shape index (κ3) is 18.1. The Hall–Kier alpha value is -2.20. The van der Waals surface area contributed by atoms with E-state index >= 15 is 0 Å². The average Bonchev–Trinajstić information content (AvgIpc) is 2.72. The molecular weight excluding hydrogens is 673 g/mol. The minimum Gasteiger partial charge on any atom is -0.549 e. The quantitative estimate of drug-likeness (QED) is 0.211. The monoisotopic (exact) mass is 698 g/mol. The zero-order valence-corrected chi connectivity index (χ0v) is 24.4. The van der Waals surface area contributed by atoms with Gasteiger partial charge in [-0.15, -0.1) is 0 Å². The number of carbonyl (C=O) groups is 6. The van der Waals surface area contributed by atoms with Gasteiger partial charge in [-0.1, -0.05) is 20.8 Å². The van der Waals surface area contributed by atoms with Gasteiger partial charge in [-0.3, -0.25) is 19.2 Å². The second kappa shape index (κ2) is 19.1. The third-order valence-corrected chi connectivity index (χ3v) is 4.63. The van der Waals surface area contributed by atoms with Crippen molar-refractivity contribution in [2.75, 3.05) is 0 Å². The summed E-state index contributed by atoms with van der Waals surface area (Å²) in [6.07, 6.45) is -16.3. The molecule has 0 aromatic rings. The van der Waals surface area contributed by atoms with Crippen molar-refractivity contribution in [3.63, 3.8) is 0 Å².